The zero-order valence-corrected chi connectivity index (χ0v) is 33.7. The standard InChI is InChI=1S/C24H23N5O2.C23H21N5O2/c1-30-24-15-29(9-8-21(24)27-28-25)14-16-6-7-18-12-26-13-20(19(18)10-16)23-11-17-4-2-3-5-22(17)31-23;24-27-26-20-7-8-28(14-21(20)29)13-15-5-6-17-11-25-12-19(18(17)9-15)23-10-16-3-1-2-4-22(16)30-23/h2-7,10-13,21,24H,8-9,14-15H2,1H3;1-6,9-12,20-21,29H,7-8,13-14H2/t21-,24+;20-,21+/m11/s1. The van der Waals surface area contributed by atoms with E-state index >= 15 is 0 Å². The molecule has 306 valence electrons. The van der Waals surface area contributed by atoms with E-state index in [1.807, 2.05) is 67.3 Å². The van der Waals surface area contributed by atoms with E-state index in [2.05, 4.69) is 94.4 Å². The van der Waals surface area contributed by atoms with Crippen LogP contribution in [0.4, 0.5) is 0 Å². The molecule has 2 saturated heterocycles. The van der Waals surface area contributed by atoms with E-state index < -0.39 is 6.10 Å². The van der Waals surface area contributed by atoms with Crippen LogP contribution in [0.25, 0.3) is 87.0 Å². The molecule has 0 aliphatic carbocycles. The van der Waals surface area contributed by atoms with Crippen LogP contribution in [0, 0.1) is 0 Å². The fraction of sp³-hybridized carbons (Fsp3) is 0.277. The molecule has 8 aromatic rings. The van der Waals surface area contributed by atoms with E-state index in [0.29, 0.717) is 13.0 Å². The average molecular weight is 813 g/mol. The molecule has 10 rings (SSSR count). The molecule has 0 amide bonds. The lowest BCUT2D eigenvalue weighted by Gasteiger charge is -2.35. The Morgan fingerprint density at radius 1 is 0.656 bits per heavy atom. The van der Waals surface area contributed by atoms with Gasteiger partial charge in [-0.3, -0.25) is 19.8 Å². The zero-order valence-electron chi connectivity index (χ0n) is 33.7. The minimum Gasteiger partial charge on any atom is -0.456 e. The number of pyridine rings is 2. The summed E-state index contributed by atoms with van der Waals surface area (Å²) in [6.07, 6.45) is 8.20. The molecule has 14 nitrogen and oxygen atoms in total. The SMILES string of the molecule is CO[C@H]1CN(Cc2ccc3cncc(-c4cc5ccccc5o4)c3c2)CC[C@H]1N=[N+]=[N-].[N-]=[N+]=N[C@@H]1CCN(Cc2ccc3cncc(-c4cc5ccccc5o4)c3c2)C[C@@H]1O. The number of azide groups is 2. The molecule has 61 heavy (non-hydrogen) atoms. The molecule has 4 atom stereocenters. The lowest BCUT2D eigenvalue weighted by atomic mass is 10.00. The largest absolute Gasteiger partial charge is 0.456 e. The third kappa shape index (κ3) is 8.63. The molecule has 4 aromatic carbocycles. The zero-order chi connectivity index (χ0) is 41.7. The highest BCUT2D eigenvalue weighted by atomic mass is 16.5. The third-order valence-electron chi connectivity index (χ3n) is 11.8. The number of ether oxygens (including phenoxy) is 1. The van der Waals surface area contributed by atoms with Gasteiger partial charge in [0.15, 0.2) is 0 Å². The molecule has 4 aromatic heterocycles. The van der Waals surface area contributed by atoms with Crippen molar-refractivity contribution in [1.29, 1.82) is 0 Å². The highest BCUT2D eigenvalue weighted by Gasteiger charge is 2.29. The molecule has 2 aliphatic heterocycles. The van der Waals surface area contributed by atoms with Gasteiger partial charge < -0.3 is 18.7 Å². The number of hydrogen-bond acceptors (Lipinski definition) is 10. The Bertz CT molecular complexity index is 2870. The van der Waals surface area contributed by atoms with E-state index in [-0.39, 0.29) is 18.2 Å². The van der Waals surface area contributed by atoms with Crippen molar-refractivity contribution in [3.63, 3.8) is 0 Å². The van der Waals surface area contributed by atoms with Crippen molar-refractivity contribution in [2.45, 2.75) is 50.2 Å². The Morgan fingerprint density at radius 2 is 1.16 bits per heavy atom. The number of rotatable bonds is 9. The van der Waals surface area contributed by atoms with Gasteiger partial charge in [-0.05, 0) is 95.3 Å². The number of nitrogens with zero attached hydrogens (tertiary/aromatic N) is 10. The van der Waals surface area contributed by atoms with E-state index in [9.17, 15) is 5.11 Å². The average Bonchev–Trinajstić information content (AvgIpc) is 3.93. The Hall–Kier alpha value is -6.76. The second-order valence-electron chi connectivity index (χ2n) is 15.7. The number of methoxy groups -OCH3 is 1. The summed E-state index contributed by atoms with van der Waals surface area (Å²) in [6, 6.07) is 32.5. The van der Waals surface area contributed by atoms with E-state index in [1.165, 1.54) is 5.56 Å². The smallest absolute Gasteiger partial charge is 0.137 e. The Kier molecular flexibility index (Phi) is 11.6. The monoisotopic (exact) mass is 812 g/mol. The van der Waals surface area contributed by atoms with Crippen molar-refractivity contribution in [2.75, 3.05) is 33.3 Å². The molecule has 0 unspecified atom stereocenters. The van der Waals surface area contributed by atoms with Crippen LogP contribution in [0.5, 0.6) is 0 Å². The molecular formula is C47H44N10O4. The van der Waals surface area contributed by atoms with Crippen LogP contribution in [0.15, 0.2) is 141 Å². The van der Waals surface area contributed by atoms with Gasteiger partial charge in [-0.25, -0.2) is 0 Å². The van der Waals surface area contributed by atoms with E-state index in [1.54, 1.807) is 7.11 Å². The van der Waals surface area contributed by atoms with Gasteiger partial charge in [0, 0.05) is 101 Å². The second-order valence-corrected chi connectivity index (χ2v) is 15.7. The van der Waals surface area contributed by atoms with Crippen molar-refractivity contribution < 1.29 is 18.7 Å². The van der Waals surface area contributed by atoms with Gasteiger partial charge in [-0.2, -0.15) is 0 Å². The molecule has 2 fully saturated rings. The van der Waals surface area contributed by atoms with Gasteiger partial charge in [0.25, 0.3) is 0 Å². The molecule has 0 spiro atoms. The van der Waals surface area contributed by atoms with Crippen molar-refractivity contribution in [3.05, 3.63) is 154 Å². The summed E-state index contributed by atoms with van der Waals surface area (Å²) < 4.78 is 17.8. The van der Waals surface area contributed by atoms with Crippen molar-refractivity contribution in [3.8, 4) is 22.6 Å². The Balaban J connectivity index is 0.000000156. The molecule has 2 aliphatic rings. The number of furan rings is 2. The molecule has 0 radical (unpaired) electrons. The minimum absolute atomic E-state index is 0.0829. The van der Waals surface area contributed by atoms with Gasteiger partial charge in [-0.1, -0.05) is 70.9 Å². The van der Waals surface area contributed by atoms with Gasteiger partial charge in [-0.15, -0.1) is 0 Å². The van der Waals surface area contributed by atoms with Crippen LogP contribution in [-0.4, -0.2) is 82.5 Å². The summed E-state index contributed by atoms with van der Waals surface area (Å²) in [6.45, 7) is 4.41. The summed E-state index contributed by atoms with van der Waals surface area (Å²) in [7, 11) is 1.68. The number of likely N-dealkylation sites (tertiary alicyclic amines) is 2. The van der Waals surface area contributed by atoms with Crippen LogP contribution >= 0.6 is 0 Å². The van der Waals surface area contributed by atoms with Crippen LogP contribution < -0.4 is 0 Å². The first-order valence-electron chi connectivity index (χ1n) is 20.4. The topological polar surface area (TPSA) is 186 Å². The molecule has 1 N–H and O–H groups in total. The number of benzene rings is 4. The number of aromatic nitrogens is 2. The molecule has 0 bridgehead atoms. The molecule has 6 heterocycles. The molecule has 0 saturated carbocycles. The van der Waals surface area contributed by atoms with Gasteiger partial charge in [0.2, 0.25) is 0 Å². The van der Waals surface area contributed by atoms with Crippen LogP contribution in [0.1, 0.15) is 24.0 Å². The number of hydrogen-bond donors (Lipinski definition) is 1. The van der Waals surface area contributed by atoms with Crippen molar-refractivity contribution in [1.82, 2.24) is 19.8 Å². The molecular weight excluding hydrogens is 769 g/mol. The number of aliphatic hydroxyl groups excluding tert-OH is 1. The van der Waals surface area contributed by atoms with Gasteiger partial charge in [0.1, 0.15) is 22.7 Å². The lowest BCUT2D eigenvalue weighted by Crippen LogP contribution is -2.46. The number of piperidine rings is 2. The van der Waals surface area contributed by atoms with Crippen LogP contribution in [0.2, 0.25) is 0 Å². The Morgan fingerprint density at radius 3 is 1.67 bits per heavy atom. The maximum absolute atomic E-state index is 10.3. The van der Waals surface area contributed by atoms with E-state index in [4.69, 9.17) is 24.6 Å². The summed E-state index contributed by atoms with van der Waals surface area (Å²) >= 11 is 0. The maximum atomic E-state index is 10.3. The normalized spacial score (nSPS) is 19.6. The maximum Gasteiger partial charge on any atom is 0.137 e. The summed E-state index contributed by atoms with van der Waals surface area (Å²) in [5.41, 5.74) is 23.5. The highest BCUT2D eigenvalue weighted by Crippen LogP contribution is 2.35. The Labute approximate surface area is 351 Å². The number of fused-ring (bicyclic) bond motifs is 4. The summed E-state index contributed by atoms with van der Waals surface area (Å²) in [5, 5.41) is 24.3. The van der Waals surface area contributed by atoms with E-state index in [0.717, 1.165) is 111 Å². The fourth-order valence-corrected chi connectivity index (χ4v) is 8.63. The first kappa shape index (κ1) is 39.7. The van der Waals surface area contributed by atoms with Crippen LogP contribution in [0.3, 0.4) is 0 Å². The van der Waals surface area contributed by atoms with Crippen molar-refractivity contribution >= 4 is 43.5 Å². The number of aliphatic hydroxyl groups is 1. The lowest BCUT2D eigenvalue weighted by molar-refractivity contribution is 0.0142. The van der Waals surface area contributed by atoms with Crippen LogP contribution in [-0.2, 0) is 17.8 Å². The quantitative estimate of drug-likeness (QED) is 0.0847. The van der Waals surface area contributed by atoms with Crippen molar-refractivity contribution in [2.24, 2.45) is 10.2 Å². The predicted molar refractivity (Wildman–Crippen MR) is 236 cm³/mol. The fourth-order valence-electron chi connectivity index (χ4n) is 8.63. The highest BCUT2D eigenvalue weighted by molar-refractivity contribution is 5.98. The first-order chi connectivity index (χ1) is 30.0. The second kappa shape index (κ2) is 17.8. The predicted octanol–water partition coefficient (Wildman–Crippen LogP) is 10.4. The number of para-hydroxylation sites is 2. The first-order valence-corrected chi connectivity index (χ1v) is 20.4. The third-order valence-corrected chi connectivity index (χ3v) is 11.8. The minimum atomic E-state index is -0.634. The van der Waals surface area contributed by atoms with Gasteiger partial charge >= 0.3 is 0 Å². The van der Waals surface area contributed by atoms with Gasteiger partial charge in [0.05, 0.1) is 24.3 Å². The summed E-state index contributed by atoms with van der Waals surface area (Å²) in [4.78, 5) is 19.2. The summed E-state index contributed by atoms with van der Waals surface area (Å²) in [5.74, 6) is 1.63. The molecule has 14 heteroatoms. The number of β-amino-alcohol motifs (C(OH)–C–C–N with tert-alkyl or cyclic N) is 1.